The summed E-state index contributed by atoms with van der Waals surface area (Å²) in [6.07, 6.45) is 2.44. The standard InChI is InChI=1S/C12H21N3O4/c1-3-13-9(16)8-15(2)11(19)14-12(10(17)18)6-4-5-7-12/h3-8H2,1-2H3,(H,13,16)(H,14,19)(H,17,18). The molecule has 1 rings (SSSR count). The molecule has 0 radical (unpaired) electrons. The molecule has 0 saturated heterocycles. The fourth-order valence-corrected chi connectivity index (χ4v) is 2.21. The number of likely N-dealkylation sites (N-methyl/N-ethyl adjacent to an activating group) is 2. The van der Waals surface area contributed by atoms with Gasteiger partial charge in [-0.3, -0.25) is 4.79 Å². The van der Waals surface area contributed by atoms with Crippen molar-refractivity contribution >= 4 is 17.9 Å². The summed E-state index contributed by atoms with van der Waals surface area (Å²) in [6.45, 7) is 2.19. The van der Waals surface area contributed by atoms with Crippen LogP contribution in [-0.2, 0) is 9.59 Å². The Bertz CT molecular complexity index is 364. The van der Waals surface area contributed by atoms with Crippen LogP contribution < -0.4 is 10.6 Å². The highest BCUT2D eigenvalue weighted by Gasteiger charge is 2.43. The molecule has 0 aliphatic heterocycles. The van der Waals surface area contributed by atoms with Crippen LogP contribution in [0.5, 0.6) is 0 Å². The van der Waals surface area contributed by atoms with Gasteiger partial charge in [-0.05, 0) is 19.8 Å². The number of aliphatic carboxylic acids is 1. The van der Waals surface area contributed by atoms with Crippen molar-refractivity contribution < 1.29 is 19.5 Å². The highest BCUT2D eigenvalue weighted by Crippen LogP contribution is 2.30. The molecule has 0 heterocycles. The van der Waals surface area contributed by atoms with Crippen LogP contribution in [-0.4, -0.2) is 53.6 Å². The number of rotatable bonds is 5. The lowest BCUT2D eigenvalue weighted by atomic mass is 9.98. The Kier molecular flexibility index (Phi) is 5.14. The zero-order chi connectivity index (χ0) is 14.5. The van der Waals surface area contributed by atoms with Crippen LogP contribution in [0.1, 0.15) is 32.6 Å². The largest absolute Gasteiger partial charge is 0.480 e. The van der Waals surface area contributed by atoms with E-state index in [1.807, 2.05) is 0 Å². The summed E-state index contributed by atoms with van der Waals surface area (Å²) in [4.78, 5) is 35.8. The molecule has 1 aliphatic carbocycles. The third kappa shape index (κ3) is 3.84. The SMILES string of the molecule is CCNC(=O)CN(C)C(=O)NC1(C(=O)O)CCCC1. The van der Waals surface area contributed by atoms with E-state index in [1.165, 1.54) is 11.9 Å². The van der Waals surface area contributed by atoms with E-state index in [4.69, 9.17) is 0 Å². The normalized spacial score (nSPS) is 16.7. The lowest BCUT2D eigenvalue weighted by molar-refractivity contribution is -0.144. The fourth-order valence-electron chi connectivity index (χ4n) is 2.21. The summed E-state index contributed by atoms with van der Waals surface area (Å²) in [5.74, 6) is -1.28. The molecule has 3 amide bonds. The molecule has 1 aliphatic rings. The van der Waals surface area contributed by atoms with Crippen LogP contribution in [0.25, 0.3) is 0 Å². The summed E-state index contributed by atoms with van der Waals surface area (Å²) in [7, 11) is 1.47. The van der Waals surface area contributed by atoms with Crippen molar-refractivity contribution in [3.05, 3.63) is 0 Å². The molecule has 1 saturated carbocycles. The van der Waals surface area contributed by atoms with Crippen molar-refractivity contribution in [2.45, 2.75) is 38.1 Å². The number of carbonyl (C=O) groups is 3. The molecule has 7 nitrogen and oxygen atoms in total. The molecule has 0 atom stereocenters. The molecule has 0 spiro atoms. The first-order valence-electron chi connectivity index (χ1n) is 6.44. The zero-order valence-corrected chi connectivity index (χ0v) is 11.4. The van der Waals surface area contributed by atoms with Gasteiger partial charge in [-0.2, -0.15) is 0 Å². The van der Waals surface area contributed by atoms with Gasteiger partial charge in [-0.25, -0.2) is 9.59 Å². The lowest BCUT2D eigenvalue weighted by Crippen LogP contribution is -2.56. The van der Waals surface area contributed by atoms with Crippen molar-refractivity contribution in [3.8, 4) is 0 Å². The predicted octanol–water partition coefficient (Wildman–Crippen LogP) is 0.161. The van der Waals surface area contributed by atoms with Gasteiger partial charge >= 0.3 is 12.0 Å². The fraction of sp³-hybridized carbons (Fsp3) is 0.750. The van der Waals surface area contributed by atoms with Gasteiger partial charge in [0.25, 0.3) is 0 Å². The number of hydrogen-bond donors (Lipinski definition) is 3. The molecule has 108 valence electrons. The Morgan fingerprint density at radius 3 is 2.32 bits per heavy atom. The van der Waals surface area contributed by atoms with Gasteiger partial charge < -0.3 is 20.6 Å². The number of carbonyl (C=O) groups excluding carboxylic acids is 2. The van der Waals surface area contributed by atoms with E-state index >= 15 is 0 Å². The average molecular weight is 271 g/mol. The van der Waals surface area contributed by atoms with E-state index < -0.39 is 17.5 Å². The average Bonchev–Trinajstić information content (AvgIpc) is 2.79. The van der Waals surface area contributed by atoms with Gasteiger partial charge in [0.15, 0.2) is 0 Å². The summed E-state index contributed by atoms with van der Waals surface area (Å²) in [5, 5.41) is 14.4. The number of urea groups is 1. The van der Waals surface area contributed by atoms with Gasteiger partial charge in [0.2, 0.25) is 5.91 Å². The molecule has 3 N–H and O–H groups in total. The third-order valence-corrected chi connectivity index (χ3v) is 3.31. The third-order valence-electron chi connectivity index (χ3n) is 3.31. The molecule has 0 unspecified atom stereocenters. The Morgan fingerprint density at radius 2 is 1.84 bits per heavy atom. The Labute approximate surface area is 112 Å². The van der Waals surface area contributed by atoms with E-state index in [-0.39, 0.29) is 12.5 Å². The van der Waals surface area contributed by atoms with Gasteiger partial charge in [0.1, 0.15) is 12.1 Å². The zero-order valence-electron chi connectivity index (χ0n) is 11.4. The predicted molar refractivity (Wildman–Crippen MR) is 68.7 cm³/mol. The number of nitrogens with zero attached hydrogens (tertiary/aromatic N) is 1. The summed E-state index contributed by atoms with van der Waals surface area (Å²) in [5.41, 5.74) is -1.17. The van der Waals surface area contributed by atoms with Crippen molar-refractivity contribution in [2.24, 2.45) is 0 Å². The maximum Gasteiger partial charge on any atom is 0.329 e. The van der Waals surface area contributed by atoms with E-state index in [0.29, 0.717) is 19.4 Å². The van der Waals surface area contributed by atoms with Gasteiger partial charge in [0.05, 0.1) is 0 Å². The minimum atomic E-state index is -1.17. The maximum absolute atomic E-state index is 11.9. The molecule has 0 aromatic rings. The molecule has 0 bridgehead atoms. The molecule has 19 heavy (non-hydrogen) atoms. The highest BCUT2D eigenvalue weighted by molar-refractivity contribution is 5.88. The van der Waals surface area contributed by atoms with Gasteiger partial charge in [0, 0.05) is 13.6 Å². The van der Waals surface area contributed by atoms with Crippen molar-refractivity contribution in [1.29, 1.82) is 0 Å². The van der Waals surface area contributed by atoms with Crippen molar-refractivity contribution in [1.82, 2.24) is 15.5 Å². The van der Waals surface area contributed by atoms with Crippen LogP contribution in [0.3, 0.4) is 0 Å². The number of carboxylic acids is 1. The minimum absolute atomic E-state index is 0.0879. The lowest BCUT2D eigenvalue weighted by Gasteiger charge is -2.28. The molecule has 0 aromatic heterocycles. The van der Waals surface area contributed by atoms with Crippen LogP contribution >= 0.6 is 0 Å². The highest BCUT2D eigenvalue weighted by atomic mass is 16.4. The second-order valence-electron chi connectivity index (χ2n) is 4.83. The van der Waals surface area contributed by atoms with Gasteiger partial charge in [-0.1, -0.05) is 12.8 Å². The molecule has 1 fully saturated rings. The topological polar surface area (TPSA) is 98.7 Å². The molecular formula is C12H21N3O4. The monoisotopic (exact) mass is 271 g/mol. The second kappa shape index (κ2) is 6.40. The number of hydrogen-bond acceptors (Lipinski definition) is 3. The van der Waals surface area contributed by atoms with Crippen molar-refractivity contribution in [3.63, 3.8) is 0 Å². The van der Waals surface area contributed by atoms with E-state index in [2.05, 4.69) is 10.6 Å². The van der Waals surface area contributed by atoms with E-state index in [0.717, 1.165) is 12.8 Å². The Balaban J connectivity index is 2.57. The van der Waals surface area contributed by atoms with Crippen LogP contribution in [0, 0.1) is 0 Å². The van der Waals surface area contributed by atoms with Gasteiger partial charge in [-0.15, -0.1) is 0 Å². The summed E-state index contributed by atoms with van der Waals surface area (Å²) in [6, 6.07) is -0.532. The summed E-state index contributed by atoms with van der Waals surface area (Å²) >= 11 is 0. The number of carboxylic acid groups (broad SMARTS) is 1. The minimum Gasteiger partial charge on any atom is -0.480 e. The van der Waals surface area contributed by atoms with Crippen LogP contribution in [0.4, 0.5) is 4.79 Å². The van der Waals surface area contributed by atoms with Crippen LogP contribution in [0.2, 0.25) is 0 Å². The van der Waals surface area contributed by atoms with Crippen LogP contribution in [0.15, 0.2) is 0 Å². The molecule has 0 aromatic carbocycles. The maximum atomic E-state index is 11.9. The second-order valence-corrected chi connectivity index (χ2v) is 4.83. The first-order chi connectivity index (χ1) is 8.91. The Hall–Kier alpha value is -1.79. The first-order valence-corrected chi connectivity index (χ1v) is 6.44. The Morgan fingerprint density at radius 1 is 1.26 bits per heavy atom. The quantitative estimate of drug-likeness (QED) is 0.663. The first kappa shape index (κ1) is 15.3. The number of amides is 3. The number of nitrogens with one attached hydrogen (secondary N) is 2. The molecular weight excluding hydrogens is 250 g/mol. The smallest absolute Gasteiger partial charge is 0.329 e. The summed E-state index contributed by atoms with van der Waals surface area (Å²) < 4.78 is 0. The van der Waals surface area contributed by atoms with Crippen molar-refractivity contribution in [2.75, 3.05) is 20.1 Å². The van der Waals surface area contributed by atoms with E-state index in [1.54, 1.807) is 6.92 Å². The van der Waals surface area contributed by atoms with E-state index in [9.17, 15) is 19.5 Å². The molecule has 7 heteroatoms.